The van der Waals surface area contributed by atoms with E-state index in [-0.39, 0.29) is 27.7 Å². The maximum Gasteiger partial charge on any atom is 0.335 e. The molecule has 2 heterocycles. The van der Waals surface area contributed by atoms with Crippen molar-refractivity contribution < 1.29 is 45.8 Å². The number of fused-ring (bicyclic) bond motifs is 2. The summed E-state index contributed by atoms with van der Waals surface area (Å²) in [5, 5.41) is 12.7. The number of hydrogen-bond donors (Lipinski definition) is 3. The summed E-state index contributed by atoms with van der Waals surface area (Å²) in [6, 6.07) is 24.5. The SMILES string of the molecule is NC(=O)CNC(=O)c1cc(F)cc(-c2ccc(F)c3cc(Cc4cc(F)cc(Cl)c4)sc23)c1.O=C(O)c1cc(F)cc(-c2ccc(F)c3cc(Cc4cc(F)cc(Cl)c4)sc23)c1. The molecule has 0 spiro atoms. The van der Waals surface area contributed by atoms with Crippen molar-refractivity contribution in [2.75, 3.05) is 6.54 Å². The second kappa shape index (κ2) is 18.4. The van der Waals surface area contributed by atoms with E-state index in [1.54, 1.807) is 24.3 Å². The molecular formula is C46H28Cl2F6N2O4S2. The van der Waals surface area contributed by atoms with E-state index in [0.717, 1.165) is 21.9 Å². The second-order valence-corrected chi connectivity index (χ2v) is 17.1. The Morgan fingerprint density at radius 1 is 0.565 bits per heavy atom. The maximum atomic E-state index is 14.6. The lowest BCUT2D eigenvalue weighted by Crippen LogP contribution is -2.33. The molecule has 2 amide bonds. The van der Waals surface area contributed by atoms with Crippen molar-refractivity contribution in [2.45, 2.75) is 12.8 Å². The number of carboxylic acid groups (broad SMARTS) is 1. The number of amides is 2. The number of halogens is 8. The Balaban J connectivity index is 0.000000188. The van der Waals surface area contributed by atoms with Gasteiger partial charge in [-0.3, -0.25) is 9.59 Å². The van der Waals surface area contributed by atoms with E-state index >= 15 is 0 Å². The van der Waals surface area contributed by atoms with Gasteiger partial charge in [0.1, 0.15) is 34.9 Å². The van der Waals surface area contributed by atoms with Gasteiger partial charge in [-0.25, -0.2) is 31.1 Å². The highest BCUT2D eigenvalue weighted by molar-refractivity contribution is 7.20. The monoisotopic (exact) mass is 920 g/mol. The number of primary amides is 1. The van der Waals surface area contributed by atoms with E-state index < -0.39 is 52.7 Å². The third kappa shape index (κ3) is 10.3. The summed E-state index contributed by atoms with van der Waals surface area (Å²) in [5.41, 5.74) is 7.87. The first-order valence-electron chi connectivity index (χ1n) is 18.2. The Kier molecular flexibility index (Phi) is 13.0. The van der Waals surface area contributed by atoms with Crippen LogP contribution in [0.5, 0.6) is 0 Å². The van der Waals surface area contributed by atoms with Crippen LogP contribution in [-0.4, -0.2) is 29.4 Å². The maximum absolute atomic E-state index is 14.6. The van der Waals surface area contributed by atoms with Gasteiger partial charge in [0.25, 0.3) is 5.91 Å². The van der Waals surface area contributed by atoms with Crippen LogP contribution in [-0.2, 0) is 17.6 Å². The lowest BCUT2D eigenvalue weighted by atomic mass is 10.0. The van der Waals surface area contributed by atoms with Gasteiger partial charge in [-0.15, -0.1) is 22.7 Å². The molecule has 6 nitrogen and oxygen atoms in total. The van der Waals surface area contributed by atoms with E-state index in [9.17, 15) is 45.8 Å². The number of carbonyl (C=O) groups excluding carboxylic acids is 2. The summed E-state index contributed by atoms with van der Waals surface area (Å²) in [6.45, 7) is -0.385. The molecule has 8 aromatic rings. The van der Waals surface area contributed by atoms with Gasteiger partial charge in [0.2, 0.25) is 5.91 Å². The highest BCUT2D eigenvalue weighted by Gasteiger charge is 2.18. The van der Waals surface area contributed by atoms with Crippen LogP contribution < -0.4 is 11.1 Å². The second-order valence-electron chi connectivity index (χ2n) is 13.9. The van der Waals surface area contributed by atoms with Crippen LogP contribution in [0.15, 0.2) is 109 Å². The molecule has 0 aliphatic rings. The zero-order valence-electron chi connectivity index (χ0n) is 31.6. The number of carbonyl (C=O) groups is 3. The Bertz CT molecular complexity index is 3040. The predicted octanol–water partition coefficient (Wildman–Crippen LogP) is 12.4. The zero-order valence-corrected chi connectivity index (χ0v) is 34.7. The fraction of sp³-hybridized carbons (Fsp3) is 0.0652. The van der Waals surface area contributed by atoms with E-state index in [1.165, 1.54) is 95.5 Å². The van der Waals surface area contributed by atoms with E-state index in [1.807, 2.05) is 0 Å². The minimum absolute atomic E-state index is 0.00472. The first kappa shape index (κ1) is 43.9. The molecule has 0 unspecified atom stereocenters. The van der Waals surface area contributed by atoms with Crippen LogP contribution in [0.1, 0.15) is 41.6 Å². The summed E-state index contributed by atoms with van der Waals surface area (Å²) in [7, 11) is 0. The van der Waals surface area contributed by atoms with Crippen molar-refractivity contribution in [3.8, 4) is 22.3 Å². The molecule has 62 heavy (non-hydrogen) atoms. The Morgan fingerprint density at radius 2 is 1.00 bits per heavy atom. The number of nitrogens with one attached hydrogen (secondary N) is 1. The zero-order chi connectivity index (χ0) is 44.4. The summed E-state index contributed by atoms with van der Waals surface area (Å²) in [6.07, 6.45) is 0.679. The number of nitrogens with two attached hydrogens (primary N) is 1. The summed E-state index contributed by atoms with van der Waals surface area (Å²) < 4.78 is 85.7. The molecular weight excluding hydrogens is 894 g/mol. The molecule has 314 valence electrons. The number of aromatic carboxylic acids is 1. The van der Waals surface area contributed by atoms with Crippen LogP contribution in [0.25, 0.3) is 42.4 Å². The molecule has 0 aliphatic carbocycles. The minimum atomic E-state index is -1.25. The van der Waals surface area contributed by atoms with Crippen LogP contribution >= 0.6 is 45.9 Å². The number of rotatable bonds is 10. The smallest absolute Gasteiger partial charge is 0.335 e. The minimum Gasteiger partial charge on any atom is -0.478 e. The standard InChI is InChI=1S/C24H16ClF3N2O2S.C22H12ClF3O2S/c25-15-3-12(4-16(26)9-15)5-18-10-20-21(28)2-1-19(23(20)33-18)13-6-14(8-17(27)7-13)24(32)30-11-22(29)31;23-14-3-11(4-15(24)9-14)5-17-10-19-20(26)2-1-18(21(19)29-17)12-6-13(22(27)28)8-16(25)7-12/h1-4,6-10H,5,11H2,(H2,29,31)(H,30,32);1-4,6-10H,5H2,(H,27,28). The number of hydrogen-bond acceptors (Lipinski definition) is 5. The van der Waals surface area contributed by atoms with Crippen molar-refractivity contribution in [1.29, 1.82) is 0 Å². The molecule has 0 fully saturated rings. The third-order valence-electron chi connectivity index (χ3n) is 9.31. The molecule has 8 rings (SSSR count). The molecule has 4 N–H and O–H groups in total. The fourth-order valence-corrected chi connectivity index (χ4v) is 9.72. The van der Waals surface area contributed by atoms with Gasteiger partial charge >= 0.3 is 5.97 Å². The average Bonchev–Trinajstić information content (AvgIpc) is 3.81. The van der Waals surface area contributed by atoms with Gasteiger partial charge in [0.15, 0.2) is 0 Å². The topological polar surface area (TPSA) is 109 Å². The number of benzene rings is 6. The van der Waals surface area contributed by atoms with E-state index in [4.69, 9.17) is 28.9 Å². The van der Waals surface area contributed by atoms with Crippen molar-refractivity contribution in [1.82, 2.24) is 5.32 Å². The third-order valence-corrected chi connectivity index (χ3v) is 12.1. The first-order valence-corrected chi connectivity index (χ1v) is 20.6. The van der Waals surface area contributed by atoms with Gasteiger partial charge in [0, 0.05) is 58.4 Å². The number of carboxylic acids is 1. The van der Waals surface area contributed by atoms with Crippen molar-refractivity contribution in [3.63, 3.8) is 0 Å². The number of thiophene rings is 2. The molecule has 0 radical (unpaired) electrons. The van der Waals surface area contributed by atoms with Crippen LogP contribution in [0, 0.1) is 34.9 Å². The molecule has 0 saturated heterocycles. The van der Waals surface area contributed by atoms with Gasteiger partial charge in [0.05, 0.1) is 12.1 Å². The summed E-state index contributed by atoms with van der Waals surface area (Å²) in [4.78, 5) is 36.0. The normalized spacial score (nSPS) is 11.1. The van der Waals surface area contributed by atoms with Crippen LogP contribution in [0.4, 0.5) is 26.3 Å². The lowest BCUT2D eigenvalue weighted by molar-refractivity contribution is -0.117. The van der Waals surface area contributed by atoms with Crippen LogP contribution in [0.3, 0.4) is 0 Å². The molecule has 6 aromatic carbocycles. The van der Waals surface area contributed by atoms with Gasteiger partial charge in [-0.1, -0.05) is 35.3 Å². The fourth-order valence-electron chi connectivity index (χ4n) is 6.75. The quantitative estimate of drug-likeness (QED) is 0.119. The first-order chi connectivity index (χ1) is 29.5. The molecule has 16 heteroatoms. The van der Waals surface area contributed by atoms with Gasteiger partial charge in [-0.2, -0.15) is 0 Å². The highest BCUT2D eigenvalue weighted by atomic mass is 35.5. The molecule has 0 aliphatic heterocycles. The molecule has 0 bridgehead atoms. The molecule has 0 saturated carbocycles. The van der Waals surface area contributed by atoms with Crippen LogP contribution in [0.2, 0.25) is 10.0 Å². The van der Waals surface area contributed by atoms with Gasteiger partial charge in [-0.05, 0) is 130 Å². The van der Waals surface area contributed by atoms with Crippen molar-refractivity contribution >= 4 is 83.8 Å². The van der Waals surface area contributed by atoms with Crippen molar-refractivity contribution in [3.05, 3.63) is 186 Å². The lowest BCUT2D eigenvalue weighted by Gasteiger charge is -2.08. The summed E-state index contributed by atoms with van der Waals surface area (Å²) in [5.74, 6) is -5.83. The van der Waals surface area contributed by atoms with Gasteiger partial charge < -0.3 is 16.2 Å². The van der Waals surface area contributed by atoms with E-state index in [0.29, 0.717) is 66.4 Å². The van der Waals surface area contributed by atoms with Crippen molar-refractivity contribution in [2.24, 2.45) is 5.73 Å². The summed E-state index contributed by atoms with van der Waals surface area (Å²) >= 11 is 14.4. The Labute approximate surface area is 366 Å². The molecule has 2 aromatic heterocycles. The Hall–Kier alpha value is -6.19. The largest absolute Gasteiger partial charge is 0.478 e. The highest BCUT2D eigenvalue weighted by Crippen LogP contribution is 2.40. The predicted molar refractivity (Wildman–Crippen MR) is 231 cm³/mol. The average molecular weight is 922 g/mol. The Morgan fingerprint density at radius 3 is 1.44 bits per heavy atom. The van der Waals surface area contributed by atoms with E-state index in [2.05, 4.69) is 5.32 Å². The molecule has 0 atom stereocenters.